The van der Waals surface area contributed by atoms with Crippen molar-refractivity contribution in [3.05, 3.63) is 0 Å². The van der Waals surface area contributed by atoms with Crippen molar-refractivity contribution in [1.82, 2.24) is 42.5 Å². The van der Waals surface area contributed by atoms with E-state index in [1.807, 2.05) is 0 Å². The molecule has 82 heavy (non-hydrogen) atoms. The van der Waals surface area contributed by atoms with Gasteiger partial charge in [-0.15, -0.1) is 0 Å². The maximum Gasteiger partial charge on any atom is 0.322 e. The summed E-state index contributed by atoms with van der Waals surface area (Å²) in [5, 5.41) is 85.5. The number of aliphatic carboxylic acids is 8. The van der Waals surface area contributed by atoms with Crippen LogP contribution in [0.5, 0.6) is 0 Å². The smallest absolute Gasteiger partial charge is 0.322 e. The number of carboxylic acid groups (broad SMARTS) is 8. The molecule has 0 fully saturated rings. The lowest BCUT2D eigenvalue weighted by molar-refractivity contribution is -0.140. The fraction of sp³-hybridized carbons (Fsp3) is 0.600. The van der Waals surface area contributed by atoms with E-state index in [1.54, 1.807) is 0 Å². The first-order valence-electron chi connectivity index (χ1n) is 22.6. The van der Waals surface area contributed by atoms with Gasteiger partial charge in [-0.05, 0) is 25.7 Å². The van der Waals surface area contributed by atoms with Gasteiger partial charge >= 0.3 is 47.8 Å². The molecule has 0 aliphatic rings. The Kier molecular flexibility index (Phi) is 53.1. The largest absolute Gasteiger partial charge is 0.480 e. The van der Waals surface area contributed by atoms with Crippen LogP contribution in [0, 0.1) is 0 Å². The van der Waals surface area contributed by atoms with Crippen LogP contribution >= 0.6 is 77.5 Å². The van der Waals surface area contributed by atoms with Crippen LogP contribution < -0.4 is 65.5 Å². The first-order valence-corrected chi connectivity index (χ1v) is 25.2. The molecule has 24 N–H and O–H groups in total. The first kappa shape index (κ1) is 86.7. The molecular formula is C40H72N12O24S6. The molecule has 0 aromatic rings. The third-order valence-corrected chi connectivity index (χ3v) is 10.5. The Balaban J connectivity index is -0.000000233. The van der Waals surface area contributed by atoms with Crippen LogP contribution in [-0.2, 0) is 76.7 Å². The van der Waals surface area contributed by atoms with Gasteiger partial charge in [0.1, 0.15) is 74.5 Å². The summed E-state index contributed by atoms with van der Waals surface area (Å²) in [6.45, 7) is -2.27. The van der Waals surface area contributed by atoms with Gasteiger partial charge in [0.2, 0.25) is 47.3 Å². The highest BCUT2D eigenvalue weighted by Crippen LogP contribution is 2.01. The van der Waals surface area contributed by atoms with Gasteiger partial charge in [-0.25, -0.2) is 0 Å². The number of nitrogens with one attached hydrogen (secondary N) is 8. The molecule has 472 valence electrons. The lowest BCUT2D eigenvalue weighted by atomic mass is 10.1. The lowest BCUT2D eigenvalue weighted by Gasteiger charge is -2.16. The summed E-state index contributed by atoms with van der Waals surface area (Å²) in [5.41, 5.74) is 20.9. The van der Waals surface area contributed by atoms with Crippen LogP contribution in [0.3, 0.4) is 0 Å². The molecule has 0 radical (unpaired) electrons. The van der Waals surface area contributed by atoms with Gasteiger partial charge in [-0.2, -0.15) is 77.5 Å². The average Bonchev–Trinajstić information content (AvgIpc) is 3.39. The van der Waals surface area contributed by atoms with Crippen molar-refractivity contribution in [1.29, 1.82) is 0 Å². The summed E-state index contributed by atoms with van der Waals surface area (Å²) in [7, 11) is 0. The van der Waals surface area contributed by atoms with Crippen LogP contribution in [0.1, 0.15) is 51.4 Å². The monoisotopic (exact) mass is 1300 g/mol. The van der Waals surface area contributed by atoms with Gasteiger partial charge in [0, 0.05) is 48.7 Å². The van der Waals surface area contributed by atoms with E-state index in [9.17, 15) is 76.7 Å². The third-order valence-electron chi connectivity index (χ3n) is 8.99. The summed E-state index contributed by atoms with van der Waals surface area (Å²) < 4.78 is 0. The molecule has 8 atom stereocenters. The number of hydrogen-bond acceptors (Lipinski definition) is 24. The Labute approximate surface area is 502 Å². The number of carboxylic acids is 8. The second-order valence-electron chi connectivity index (χ2n) is 15.6. The molecule has 0 unspecified atom stereocenters. The van der Waals surface area contributed by atoms with Crippen molar-refractivity contribution >= 4 is 173 Å². The van der Waals surface area contributed by atoms with E-state index in [2.05, 4.69) is 93.0 Å². The summed E-state index contributed by atoms with van der Waals surface area (Å²) in [6, 6.07) is -8.60. The van der Waals surface area contributed by atoms with Crippen molar-refractivity contribution in [2.75, 3.05) is 49.2 Å². The van der Waals surface area contributed by atoms with Gasteiger partial charge in [0.25, 0.3) is 0 Å². The zero-order chi connectivity index (χ0) is 62.8. The lowest BCUT2D eigenvalue weighted by Crippen LogP contribution is -2.49. The molecule has 8 amide bonds. The number of nitrogens with two attached hydrogens (primary N) is 4. The normalized spacial score (nSPS) is 12.8. The first-order chi connectivity index (χ1) is 37.1. The van der Waals surface area contributed by atoms with Gasteiger partial charge in [-0.1, -0.05) is 0 Å². The van der Waals surface area contributed by atoms with E-state index in [0.717, 1.165) is 0 Å². The summed E-state index contributed by atoms with van der Waals surface area (Å²) in [5.74, 6) is -14.8. The second-order valence-corrected chi connectivity index (χ2v) is 17.1. The fourth-order valence-electron chi connectivity index (χ4n) is 4.63. The van der Waals surface area contributed by atoms with E-state index in [-0.39, 0.29) is 101 Å². The molecule has 0 saturated carbocycles. The van der Waals surface area contributed by atoms with E-state index < -0.39 is 170 Å². The number of hydrogen-bond donors (Lipinski definition) is 24. The maximum absolute atomic E-state index is 11.5. The number of carbonyl (C=O) groups excluding carboxylic acids is 8. The molecular weight excluding hydrogens is 1220 g/mol. The zero-order valence-corrected chi connectivity index (χ0v) is 48.7. The minimum Gasteiger partial charge on any atom is -0.480 e. The number of carbonyl (C=O) groups is 16. The molecule has 36 nitrogen and oxygen atoms in total. The Morgan fingerprint density at radius 1 is 0.305 bits per heavy atom. The predicted molar refractivity (Wildman–Crippen MR) is 306 cm³/mol. The van der Waals surface area contributed by atoms with E-state index >= 15 is 0 Å². The fourth-order valence-corrected chi connectivity index (χ4v) is 5.65. The molecule has 0 aliphatic carbocycles. The topological polar surface area (TPSA) is 635 Å². The molecule has 0 aliphatic heterocycles. The summed E-state index contributed by atoms with van der Waals surface area (Å²) >= 11 is 15.5. The maximum atomic E-state index is 11.5. The van der Waals surface area contributed by atoms with Gasteiger partial charge in [0.05, 0.1) is 0 Å². The van der Waals surface area contributed by atoms with Crippen molar-refractivity contribution in [3.8, 4) is 0 Å². The predicted octanol–water partition coefficient (Wildman–Crippen LogP) is -8.60. The minimum absolute atomic E-state index is 0. The Bertz CT molecular complexity index is 1850. The zero-order valence-electron chi connectivity index (χ0n) is 43.1. The van der Waals surface area contributed by atoms with Crippen molar-refractivity contribution < 1.29 is 118 Å². The van der Waals surface area contributed by atoms with Crippen LogP contribution in [-0.4, -0.2) is 233 Å². The van der Waals surface area contributed by atoms with Crippen LogP contribution in [0.2, 0.25) is 0 Å². The average molecular weight is 1300 g/mol. The van der Waals surface area contributed by atoms with Crippen LogP contribution in [0.25, 0.3) is 0 Å². The van der Waals surface area contributed by atoms with Gasteiger partial charge in [-0.3, -0.25) is 76.7 Å². The molecule has 0 aromatic carbocycles. The van der Waals surface area contributed by atoms with E-state index in [1.165, 1.54) is 0 Å². The number of rotatable bonds is 36. The van der Waals surface area contributed by atoms with Gasteiger partial charge < -0.3 is 106 Å². The second kappa shape index (κ2) is 50.2. The Morgan fingerprint density at radius 3 is 0.561 bits per heavy atom. The Hall–Kier alpha value is -6.54. The highest BCUT2D eigenvalue weighted by molar-refractivity contribution is 7.80. The quantitative estimate of drug-likeness (QED) is 0.0259. The molecule has 0 rings (SSSR count). The number of amides is 8. The molecule has 0 spiro atoms. The third kappa shape index (κ3) is 48.2. The molecule has 0 bridgehead atoms. The van der Waals surface area contributed by atoms with Crippen LogP contribution in [0.4, 0.5) is 0 Å². The van der Waals surface area contributed by atoms with E-state index in [0.29, 0.717) is 0 Å². The highest BCUT2D eigenvalue weighted by atomic mass is 32.1. The van der Waals surface area contributed by atoms with Crippen molar-refractivity contribution in [2.24, 2.45) is 22.9 Å². The summed E-state index contributed by atoms with van der Waals surface area (Å²) in [6.07, 6.45) is -0.940. The molecule has 42 heteroatoms. The molecule has 0 saturated heterocycles. The minimum atomic E-state index is -1.22. The molecule has 0 aromatic heterocycles. The van der Waals surface area contributed by atoms with E-state index in [4.69, 9.17) is 63.8 Å². The standard InChI is InChI=1S/4C10H17N3O6S.2H2S/c4*11-5(10(18)19)1-2-7(14)13-6(4-20)9(17)12-3-8(15)16;;/h4*5-6,20H,1-4,11H2,(H,12,17)(H,13,14)(H,15,16)(H,18,19);2*1H2/t4*5-,6-;;/m0000../s1. The number of thiol groups is 4. The van der Waals surface area contributed by atoms with Crippen molar-refractivity contribution in [2.45, 2.75) is 99.7 Å². The molecule has 0 heterocycles. The Morgan fingerprint density at radius 2 is 0.451 bits per heavy atom. The summed E-state index contributed by atoms with van der Waals surface area (Å²) in [4.78, 5) is 175. The van der Waals surface area contributed by atoms with Gasteiger partial charge in [0.15, 0.2) is 0 Å². The van der Waals surface area contributed by atoms with Crippen molar-refractivity contribution in [3.63, 3.8) is 0 Å². The highest BCUT2D eigenvalue weighted by Gasteiger charge is 2.25. The SMILES string of the molecule is N[C@@H](CCC(=O)N[C@@H](CS)C(=O)NCC(=O)O)C(=O)O.N[C@@H](CCC(=O)N[C@@H](CS)C(=O)NCC(=O)O)C(=O)O.N[C@@H](CCC(=O)N[C@@H](CS)C(=O)NCC(=O)O)C(=O)O.N[C@@H](CCC(=O)N[C@@H](CS)C(=O)NCC(=O)O)C(=O)O.S.S. The van der Waals surface area contributed by atoms with Crippen LogP contribution in [0.15, 0.2) is 0 Å².